The molecule has 7 nitrogen and oxygen atoms in total. The number of aryl methyl sites for hydroxylation is 1. The molecular formula is C24H25ClN2O5. The van der Waals surface area contributed by atoms with Crippen molar-refractivity contribution in [3.63, 3.8) is 0 Å². The van der Waals surface area contributed by atoms with Crippen molar-refractivity contribution in [2.45, 2.75) is 40.2 Å². The number of urea groups is 1. The lowest BCUT2D eigenvalue weighted by molar-refractivity contribution is -0.122. The average molecular weight is 457 g/mol. The molecule has 8 heteroatoms. The fourth-order valence-electron chi connectivity index (χ4n) is 3.24. The van der Waals surface area contributed by atoms with Crippen LogP contribution in [0.5, 0.6) is 11.5 Å². The summed E-state index contributed by atoms with van der Waals surface area (Å²) in [6.07, 6.45) is 2.08. The van der Waals surface area contributed by atoms with Gasteiger partial charge >= 0.3 is 6.03 Å². The van der Waals surface area contributed by atoms with Gasteiger partial charge in [0, 0.05) is 0 Å². The summed E-state index contributed by atoms with van der Waals surface area (Å²) in [7, 11) is 1.48. The number of benzene rings is 2. The Morgan fingerprint density at radius 2 is 1.91 bits per heavy atom. The highest BCUT2D eigenvalue weighted by atomic mass is 35.5. The van der Waals surface area contributed by atoms with Gasteiger partial charge in [0.05, 0.1) is 23.9 Å². The zero-order valence-corrected chi connectivity index (χ0v) is 19.4. The normalized spacial score (nSPS) is 16.2. The van der Waals surface area contributed by atoms with Gasteiger partial charge in [-0.15, -0.1) is 0 Å². The second-order valence-electron chi connectivity index (χ2n) is 7.55. The van der Waals surface area contributed by atoms with Gasteiger partial charge in [0.1, 0.15) is 5.57 Å². The van der Waals surface area contributed by atoms with Crippen molar-refractivity contribution >= 4 is 41.2 Å². The summed E-state index contributed by atoms with van der Waals surface area (Å²) < 4.78 is 11.2. The van der Waals surface area contributed by atoms with E-state index >= 15 is 0 Å². The molecule has 1 saturated heterocycles. The lowest BCUT2D eigenvalue weighted by atomic mass is 10.0. The molecule has 2 aromatic carbocycles. The molecule has 1 N–H and O–H groups in total. The fourth-order valence-corrected chi connectivity index (χ4v) is 3.51. The number of nitrogens with zero attached hydrogens (tertiary/aromatic N) is 1. The molecular weight excluding hydrogens is 432 g/mol. The second kappa shape index (κ2) is 9.44. The number of amides is 4. The number of anilines is 1. The zero-order valence-electron chi connectivity index (χ0n) is 18.6. The smallest absolute Gasteiger partial charge is 0.335 e. The molecule has 0 radical (unpaired) electrons. The minimum Gasteiger partial charge on any atom is -0.493 e. The predicted octanol–water partition coefficient (Wildman–Crippen LogP) is 4.81. The van der Waals surface area contributed by atoms with E-state index in [-0.39, 0.29) is 16.7 Å². The van der Waals surface area contributed by atoms with Crippen LogP contribution in [-0.2, 0) is 9.59 Å². The number of imide groups is 2. The van der Waals surface area contributed by atoms with Crippen molar-refractivity contribution in [3.8, 4) is 11.5 Å². The van der Waals surface area contributed by atoms with Crippen LogP contribution in [0.1, 0.15) is 37.0 Å². The maximum atomic E-state index is 13.2. The highest BCUT2D eigenvalue weighted by Crippen LogP contribution is 2.38. The van der Waals surface area contributed by atoms with Crippen molar-refractivity contribution in [1.29, 1.82) is 0 Å². The van der Waals surface area contributed by atoms with Gasteiger partial charge in [0.2, 0.25) is 0 Å². The molecule has 1 atom stereocenters. The number of nitrogens with one attached hydrogen (secondary N) is 1. The summed E-state index contributed by atoms with van der Waals surface area (Å²) >= 11 is 6.41. The van der Waals surface area contributed by atoms with Gasteiger partial charge < -0.3 is 9.47 Å². The third kappa shape index (κ3) is 4.48. The molecule has 1 heterocycles. The van der Waals surface area contributed by atoms with Crippen LogP contribution in [-0.4, -0.2) is 31.1 Å². The Labute approximate surface area is 191 Å². The molecule has 1 aliphatic rings. The summed E-state index contributed by atoms with van der Waals surface area (Å²) in [5.74, 6) is -0.743. The van der Waals surface area contributed by atoms with Crippen molar-refractivity contribution in [2.75, 3.05) is 12.0 Å². The van der Waals surface area contributed by atoms with Crippen LogP contribution in [0.25, 0.3) is 6.08 Å². The Bertz CT molecular complexity index is 1130. The van der Waals surface area contributed by atoms with Gasteiger partial charge in [0.15, 0.2) is 11.5 Å². The second-order valence-corrected chi connectivity index (χ2v) is 7.95. The molecule has 168 valence electrons. The van der Waals surface area contributed by atoms with Gasteiger partial charge in [-0.25, -0.2) is 9.69 Å². The van der Waals surface area contributed by atoms with Crippen LogP contribution in [0, 0.1) is 13.8 Å². The predicted molar refractivity (Wildman–Crippen MR) is 123 cm³/mol. The third-order valence-electron chi connectivity index (χ3n) is 5.38. The number of hydrogen-bond donors (Lipinski definition) is 1. The Morgan fingerprint density at radius 3 is 2.56 bits per heavy atom. The lowest BCUT2D eigenvalue weighted by Gasteiger charge is -2.28. The Kier molecular flexibility index (Phi) is 6.89. The van der Waals surface area contributed by atoms with Crippen LogP contribution in [0.15, 0.2) is 35.9 Å². The number of carbonyl (C=O) groups is 3. The number of ether oxygens (including phenoxy) is 2. The van der Waals surface area contributed by atoms with E-state index in [4.69, 9.17) is 21.1 Å². The number of hydrogen-bond acceptors (Lipinski definition) is 5. The molecule has 0 saturated carbocycles. The summed E-state index contributed by atoms with van der Waals surface area (Å²) in [4.78, 5) is 39.2. The van der Waals surface area contributed by atoms with E-state index in [0.29, 0.717) is 22.7 Å². The number of halogens is 1. The monoisotopic (exact) mass is 456 g/mol. The Balaban J connectivity index is 2.04. The van der Waals surface area contributed by atoms with Crippen molar-refractivity contribution in [3.05, 3.63) is 57.6 Å². The van der Waals surface area contributed by atoms with Gasteiger partial charge in [-0.05, 0) is 68.2 Å². The maximum absolute atomic E-state index is 13.2. The topological polar surface area (TPSA) is 84.9 Å². The summed E-state index contributed by atoms with van der Waals surface area (Å²) in [5.41, 5.74) is 2.36. The number of carbonyl (C=O) groups excluding carboxylic acids is 3. The van der Waals surface area contributed by atoms with E-state index < -0.39 is 17.8 Å². The number of barbiturate groups is 1. The summed E-state index contributed by atoms with van der Waals surface area (Å²) in [6, 6.07) is 7.69. The summed E-state index contributed by atoms with van der Waals surface area (Å²) in [5, 5.41) is 2.51. The van der Waals surface area contributed by atoms with Crippen molar-refractivity contribution in [2.24, 2.45) is 0 Å². The van der Waals surface area contributed by atoms with Crippen molar-refractivity contribution in [1.82, 2.24) is 5.32 Å². The molecule has 0 bridgehead atoms. The first-order chi connectivity index (χ1) is 15.2. The molecule has 0 spiro atoms. The highest BCUT2D eigenvalue weighted by molar-refractivity contribution is 6.39. The Hall–Kier alpha value is -3.32. The van der Waals surface area contributed by atoms with Crippen LogP contribution in [0.4, 0.5) is 10.5 Å². The molecule has 1 aliphatic heterocycles. The molecule has 1 fully saturated rings. The first kappa shape index (κ1) is 23.3. The SMILES string of the molecule is CC[C@@H](C)Oc1c(Cl)cc(/C=C2\C(=O)NC(=O)N(c3cccc(C)c3C)C2=O)cc1OC. The quantitative estimate of drug-likeness (QED) is 0.498. The van der Waals surface area contributed by atoms with E-state index in [1.54, 1.807) is 24.3 Å². The van der Waals surface area contributed by atoms with Gasteiger partial charge in [-0.2, -0.15) is 0 Å². The standard InChI is InChI=1S/C24H25ClN2O5/c1-6-14(3)32-21-18(25)11-16(12-20(21)31-5)10-17-22(28)26-24(30)27(23(17)29)19-9-7-8-13(2)15(19)4/h7-12,14H,6H2,1-5H3,(H,26,28,30)/b17-10+/t14-/m1/s1. The maximum Gasteiger partial charge on any atom is 0.335 e. The molecule has 32 heavy (non-hydrogen) atoms. The molecule has 4 amide bonds. The van der Waals surface area contributed by atoms with Crippen LogP contribution in [0.2, 0.25) is 5.02 Å². The van der Waals surface area contributed by atoms with E-state index in [2.05, 4.69) is 5.32 Å². The van der Waals surface area contributed by atoms with E-state index in [1.165, 1.54) is 13.2 Å². The number of methoxy groups -OCH3 is 1. The van der Waals surface area contributed by atoms with Crippen LogP contribution in [0.3, 0.4) is 0 Å². The first-order valence-corrected chi connectivity index (χ1v) is 10.6. The van der Waals surface area contributed by atoms with E-state index in [0.717, 1.165) is 22.4 Å². The minimum absolute atomic E-state index is 0.0755. The molecule has 0 aliphatic carbocycles. The molecule has 2 aromatic rings. The number of rotatable bonds is 6. The third-order valence-corrected chi connectivity index (χ3v) is 5.66. The van der Waals surface area contributed by atoms with E-state index in [1.807, 2.05) is 33.8 Å². The Morgan fingerprint density at radius 1 is 1.19 bits per heavy atom. The molecule has 3 rings (SSSR count). The first-order valence-electron chi connectivity index (χ1n) is 10.2. The van der Waals surface area contributed by atoms with Crippen LogP contribution >= 0.6 is 11.6 Å². The fraction of sp³-hybridized carbons (Fsp3) is 0.292. The largest absolute Gasteiger partial charge is 0.493 e. The van der Waals surface area contributed by atoms with Gasteiger partial charge in [-0.3, -0.25) is 14.9 Å². The highest BCUT2D eigenvalue weighted by Gasteiger charge is 2.37. The molecule has 0 aromatic heterocycles. The van der Waals surface area contributed by atoms with Gasteiger partial charge in [-0.1, -0.05) is 30.7 Å². The molecule has 0 unspecified atom stereocenters. The van der Waals surface area contributed by atoms with Crippen molar-refractivity contribution < 1.29 is 23.9 Å². The van der Waals surface area contributed by atoms with Crippen LogP contribution < -0.4 is 19.7 Å². The zero-order chi connectivity index (χ0) is 23.6. The van der Waals surface area contributed by atoms with Gasteiger partial charge in [0.25, 0.3) is 11.8 Å². The average Bonchev–Trinajstić information content (AvgIpc) is 2.75. The summed E-state index contributed by atoms with van der Waals surface area (Å²) in [6.45, 7) is 7.59. The van der Waals surface area contributed by atoms with E-state index in [9.17, 15) is 14.4 Å². The lowest BCUT2D eigenvalue weighted by Crippen LogP contribution is -2.54. The minimum atomic E-state index is -0.793.